The van der Waals surface area contributed by atoms with Crippen molar-refractivity contribution in [2.75, 3.05) is 7.05 Å². The number of carboxylic acid groups (broad SMARTS) is 1. The maximum absolute atomic E-state index is 11.8. The number of hydrogen-bond acceptors (Lipinski definition) is 4. The van der Waals surface area contributed by atoms with E-state index >= 15 is 0 Å². The minimum absolute atomic E-state index is 0.395. The number of hydrogen-bond donors (Lipinski definition) is 1. The summed E-state index contributed by atoms with van der Waals surface area (Å²) in [5.74, 6) is -1.15. The molecule has 3 unspecified atom stereocenters. The third-order valence-corrected chi connectivity index (χ3v) is 4.39. The zero-order valence-electron chi connectivity index (χ0n) is 11.3. The molecule has 1 aliphatic rings. The highest BCUT2D eigenvalue weighted by molar-refractivity contribution is 9.10. The Balaban J connectivity index is 2.04. The normalized spacial score (nSPS) is 26.1. The van der Waals surface area contributed by atoms with Crippen LogP contribution in [0.2, 0.25) is 0 Å². The zero-order chi connectivity index (χ0) is 15.0. The predicted octanol–water partition coefficient (Wildman–Crippen LogP) is 3.40. The average molecular weight is 352 g/mol. The van der Waals surface area contributed by atoms with Gasteiger partial charge in [-0.05, 0) is 23.8 Å². The summed E-state index contributed by atoms with van der Waals surface area (Å²) in [5.41, 5.74) is 0.876. The first kappa shape index (κ1) is 14.3. The topological polar surface area (TPSA) is 62.9 Å². The quantitative estimate of drug-likeness (QED) is 0.917. The number of benzene rings is 1. The molecule has 0 radical (unpaired) electrons. The highest BCUT2D eigenvalue weighted by Gasteiger charge is 2.49. The number of aliphatic carboxylic acids is 1. The molecule has 0 aliphatic carbocycles. The summed E-state index contributed by atoms with van der Waals surface area (Å²) in [7, 11) is 1.74. The van der Waals surface area contributed by atoms with Gasteiger partial charge in [0.1, 0.15) is 11.7 Å². The van der Waals surface area contributed by atoms with Crippen molar-refractivity contribution >= 4 is 21.9 Å². The lowest BCUT2D eigenvalue weighted by Crippen LogP contribution is -2.26. The van der Waals surface area contributed by atoms with Crippen LogP contribution >= 0.6 is 15.9 Å². The highest BCUT2D eigenvalue weighted by atomic mass is 79.9. The molecule has 1 fully saturated rings. The lowest BCUT2D eigenvalue weighted by Gasteiger charge is -2.21. The van der Waals surface area contributed by atoms with Gasteiger partial charge in [0, 0.05) is 11.5 Å². The molecule has 5 nitrogen and oxygen atoms in total. The van der Waals surface area contributed by atoms with E-state index in [9.17, 15) is 9.90 Å². The molecule has 1 N–H and O–H groups in total. The Morgan fingerprint density at radius 1 is 1.29 bits per heavy atom. The Bertz CT molecular complexity index is 643. The number of carboxylic acids is 1. The number of furan rings is 1. The summed E-state index contributed by atoms with van der Waals surface area (Å²) in [5, 5.41) is 11.2. The van der Waals surface area contributed by atoms with Crippen molar-refractivity contribution in [1.82, 2.24) is 5.06 Å². The van der Waals surface area contributed by atoms with Crippen molar-refractivity contribution < 1.29 is 19.2 Å². The second-order valence-electron chi connectivity index (χ2n) is 4.92. The van der Waals surface area contributed by atoms with Gasteiger partial charge in [-0.2, -0.15) is 5.06 Å². The van der Waals surface area contributed by atoms with Gasteiger partial charge in [-0.1, -0.05) is 34.1 Å². The smallest absolute Gasteiger partial charge is 0.311 e. The molecular formula is C15H14BrNO4. The van der Waals surface area contributed by atoms with Crippen LogP contribution in [0.5, 0.6) is 0 Å². The molecule has 1 aromatic carbocycles. The van der Waals surface area contributed by atoms with Crippen molar-refractivity contribution in [3.63, 3.8) is 0 Å². The zero-order valence-corrected chi connectivity index (χ0v) is 12.9. The van der Waals surface area contributed by atoms with Gasteiger partial charge < -0.3 is 9.52 Å². The van der Waals surface area contributed by atoms with Crippen LogP contribution in [0.1, 0.15) is 23.5 Å². The first-order valence-corrected chi connectivity index (χ1v) is 7.29. The predicted molar refractivity (Wildman–Crippen MR) is 78.3 cm³/mol. The fourth-order valence-electron chi connectivity index (χ4n) is 2.75. The third-order valence-electron chi connectivity index (χ3n) is 3.67. The molecular weight excluding hydrogens is 338 g/mol. The maximum atomic E-state index is 11.8. The van der Waals surface area contributed by atoms with E-state index in [1.54, 1.807) is 24.2 Å². The van der Waals surface area contributed by atoms with Gasteiger partial charge in [0.05, 0.1) is 12.3 Å². The summed E-state index contributed by atoms with van der Waals surface area (Å²) in [4.78, 5) is 17.5. The molecule has 0 saturated carbocycles. The molecule has 1 aliphatic heterocycles. The van der Waals surface area contributed by atoms with Gasteiger partial charge in [0.25, 0.3) is 0 Å². The fraction of sp³-hybridized carbons (Fsp3) is 0.267. The highest BCUT2D eigenvalue weighted by Crippen LogP contribution is 2.47. The van der Waals surface area contributed by atoms with Crippen LogP contribution in [0.3, 0.4) is 0 Å². The fourth-order valence-corrected chi connectivity index (χ4v) is 3.27. The number of hydroxylamine groups is 2. The molecule has 3 rings (SSSR count). The van der Waals surface area contributed by atoms with E-state index in [0.717, 1.165) is 10.0 Å². The molecule has 6 heteroatoms. The molecule has 0 bridgehead atoms. The summed E-state index contributed by atoms with van der Waals surface area (Å²) in [6, 6.07) is 10.6. The van der Waals surface area contributed by atoms with Crippen LogP contribution in [0.25, 0.3) is 0 Å². The molecule has 2 aromatic rings. The standard InChI is InChI=1S/C15H14BrNO4/c1-17-13(9-5-2-3-6-10(9)16)12(15(18)19)14(21-17)11-7-4-8-20-11/h2-8,12-14H,1H3,(H,18,19). The first-order valence-electron chi connectivity index (χ1n) is 6.50. The van der Waals surface area contributed by atoms with E-state index in [-0.39, 0.29) is 0 Å². The molecule has 0 amide bonds. The molecule has 1 aromatic heterocycles. The van der Waals surface area contributed by atoms with Gasteiger partial charge in [0.15, 0.2) is 6.10 Å². The average Bonchev–Trinajstić information content (AvgIpc) is 3.06. The van der Waals surface area contributed by atoms with Crippen molar-refractivity contribution in [2.45, 2.75) is 12.1 Å². The Labute approximate surface area is 130 Å². The summed E-state index contributed by atoms with van der Waals surface area (Å²) in [6.45, 7) is 0. The Kier molecular flexibility index (Phi) is 3.84. The SMILES string of the molecule is CN1OC(c2ccco2)C(C(=O)O)C1c1ccccc1Br. The Morgan fingerprint density at radius 2 is 2.05 bits per heavy atom. The number of halogens is 1. The van der Waals surface area contributed by atoms with E-state index < -0.39 is 24.0 Å². The van der Waals surface area contributed by atoms with Crippen molar-refractivity contribution in [2.24, 2.45) is 5.92 Å². The van der Waals surface area contributed by atoms with E-state index in [1.165, 1.54) is 6.26 Å². The molecule has 0 spiro atoms. The lowest BCUT2D eigenvalue weighted by molar-refractivity contribution is -0.154. The number of carbonyl (C=O) groups is 1. The van der Waals surface area contributed by atoms with Gasteiger partial charge >= 0.3 is 5.97 Å². The summed E-state index contributed by atoms with van der Waals surface area (Å²) >= 11 is 3.48. The first-order chi connectivity index (χ1) is 10.1. The minimum atomic E-state index is -0.915. The lowest BCUT2D eigenvalue weighted by atomic mass is 9.88. The third kappa shape index (κ3) is 2.50. The van der Waals surface area contributed by atoms with E-state index in [1.807, 2.05) is 24.3 Å². The summed E-state index contributed by atoms with van der Waals surface area (Å²) in [6.07, 6.45) is 0.878. The number of rotatable bonds is 3. The summed E-state index contributed by atoms with van der Waals surface area (Å²) < 4.78 is 6.19. The minimum Gasteiger partial charge on any atom is -0.481 e. The molecule has 3 atom stereocenters. The van der Waals surface area contributed by atoms with Crippen LogP contribution in [-0.4, -0.2) is 23.2 Å². The van der Waals surface area contributed by atoms with Crippen LogP contribution in [0.15, 0.2) is 51.6 Å². The van der Waals surface area contributed by atoms with Crippen molar-refractivity contribution in [1.29, 1.82) is 0 Å². The van der Waals surface area contributed by atoms with Crippen molar-refractivity contribution in [3.05, 3.63) is 58.5 Å². The monoisotopic (exact) mass is 351 g/mol. The second-order valence-corrected chi connectivity index (χ2v) is 5.77. The number of nitrogens with zero attached hydrogens (tertiary/aromatic N) is 1. The van der Waals surface area contributed by atoms with E-state index in [0.29, 0.717) is 5.76 Å². The second kappa shape index (κ2) is 5.63. The van der Waals surface area contributed by atoms with E-state index in [4.69, 9.17) is 9.25 Å². The largest absolute Gasteiger partial charge is 0.481 e. The van der Waals surface area contributed by atoms with Gasteiger partial charge in [-0.3, -0.25) is 9.63 Å². The van der Waals surface area contributed by atoms with Crippen molar-refractivity contribution in [3.8, 4) is 0 Å². The molecule has 110 valence electrons. The van der Waals surface area contributed by atoms with Crippen LogP contribution < -0.4 is 0 Å². The molecule has 21 heavy (non-hydrogen) atoms. The molecule has 2 heterocycles. The maximum Gasteiger partial charge on any atom is 0.311 e. The van der Waals surface area contributed by atoms with E-state index in [2.05, 4.69) is 15.9 Å². The van der Waals surface area contributed by atoms with Crippen LogP contribution in [0.4, 0.5) is 0 Å². The molecule has 1 saturated heterocycles. The van der Waals surface area contributed by atoms with Crippen LogP contribution in [-0.2, 0) is 9.63 Å². The van der Waals surface area contributed by atoms with Crippen LogP contribution in [0, 0.1) is 5.92 Å². The Morgan fingerprint density at radius 3 is 2.67 bits per heavy atom. The van der Waals surface area contributed by atoms with Gasteiger partial charge in [-0.25, -0.2) is 0 Å². The van der Waals surface area contributed by atoms with Gasteiger partial charge in [0.2, 0.25) is 0 Å². The Hall–Kier alpha value is -1.63. The van der Waals surface area contributed by atoms with Gasteiger partial charge in [-0.15, -0.1) is 0 Å².